The molecule has 0 aliphatic carbocycles. The Hall–Kier alpha value is -3.02. The molecule has 3 aromatic carbocycles. The van der Waals surface area contributed by atoms with E-state index in [4.69, 9.17) is 27.9 Å². The number of carbonyl (C=O) groups excluding carboxylic acids is 2. The molecule has 5 nitrogen and oxygen atoms in total. The average Bonchev–Trinajstić information content (AvgIpc) is 2.91. The summed E-state index contributed by atoms with van der Waals surface area (Å²) in [5.41, 5.74) is 2.79. The number of carbonyl (C=O) groups is 2. The van der Waals surface area contributed by atoms with Gasteiger partial charge in [-0.25, -0.2) is 0 Å². The molecule has 3 aromatic rings. The van der Waals surface area contributed by atoms with Crippen molar-refractivity contribution in [2.45, 2.75) is 32.5 Å². The molecule has 0 aromatic heterocycles. The normalized spacial score (nSPS) is 15.5. The summed E-state index contributed by atoms with van der Waals surface area (Å²) in [4.78, 5) is 27.5. The number of nitrogens with zero attached hydrogens (tertiary/aromatic N) is 1. The number of ether oxygens (including phenoxy) is 1. The zero-order chi connectivity index (χ0) is 22.7. The number of halogens is 2. The molecule has 7 heteroatoms. The minimum Gasteiger partial charge on any atom is -0.480 e. The van der Waals surface area contributed by atoms with Crippen LogP contribution in [0.4, 0.5) is 5.69 Å². The lowest BCUT2D eigenvalue weighted by atomic mass is 10.1. The van der Waals surface area contributed by atoms with Crippen molar-refractivity contribution in [3.63, 3.8) is 0 Å². The highest BCUT2D eigenvalue weighted by Gasteiger charge is 2.30. The topological polar surface area (TPSA) is 58.6 Å². The third kappa shape index (κ3) is 4.90. The molecule has 2 amide bonds. The van der Waals surface area contributed by atoms with Crippen LogP contribution in [-0.4, -0.2) is 22.8 Å². The molecule has 0 radical (unpaired) electrons. The number of benzene rings is 3. The monoisotopic (exact) mass is 468 g/mol. The molecule has 4 rings (SSSR count). The van der Waals surface area contributed by atoms with Gasteiger partial charge in [-0.2, -0.15) is 0 Å². The van der Waals surface area contributed by atoms with Gasteiger partial charge in [0.2, 0.25) is 0 Å². The fraction of sp³-hybridized carbons (Fsp3) is 0.200. The number of fused-ring (bicyclic) bond motifs is 1. The average molecular weight is 469 g/mol. The number of hydrogen-bond acceptors (Lipinski definition) is 3. The van der Waals surface area contributed by atoms with Crippen molar-refractivity contribution in [1.29, 1.82) is 0 Å². The van der Waals surface area contributed by atoms with Gasteiger partial charge in [-0.1, -0.05) is 54.4 Å². The van der Waals surface area contributed by atoms with Crippen LogP contribution in [0, 0.1) is 0 Å². The van der Waals surface area contributed by atoms with Gasteiger partial charge in [0.25, 0.3) is 11.8 Å². The van der Waals surface area contributed by atoms with E-state index in [9.17, 15) is 9.59 Å². The van der Waals surface area contributed by atoms with Gasteiger partial charge in [-0.05, 0) is 54.4 Å². The number of anilines is 1. The van der Waals surface area contributed by atoms with Gasteiger partial charge in [0.15, 0.2) is 6.10 Å². The van der Waals surface area contributed by atoms with Gasteiger partial charge in [-0.15, -0.1) is 0 Å². The number of amides is 2. The van der Waals surface area contributed by atoms with Crippen molar-refractivity contribution in [2.75, 3.05) is 5.32 Å². The molecule has 0 saturated carbocycles. The predicted octanol–water partition coefficient (Wildman–Crippen LogP) is 5.95. The lowest BCUT2D eigenvalue weighted by Crippen LogP contribution is -2.38. The molecule has 1 N–H and O–H groups in total. The molecule has 32 heavy (non-hydrogen) atoms. The lowest BCUT2D eigenvalue weighted by Gasteiger charge is -2.23. The number of nitrogens with one attached hydrogen (secondary N) is 1. The van der Waals surface area contributed by atoms with Crippen molar-refractivity contribution in [1.82, 2.24) is 4.90 Å². The quantitative estimate of drug-likeness (QED) is 0.503. The van der Waals surface area contributed by atoms with Gasteiger partial charge >= 0.3 is 0 Å². The number of hydrogen-bond donors (Lipinski definition) is 1. The molecule has 1 atom stereocenters. The highest BCUT2D eigenvalue weighted by molar-refractivity contribution is 6.34. The van der Waals surface area contributed by atoms with Gasteiger partial charge < -0.3 is 15.0 Å². The highest BCUT2D eigenvalue weighted by atomic mass is 35.5. The van der Waals surface area contributed by atoms with Crippen LogP contribution in [0.25, 0.3) is 0 Å². The van der Waals surface area contributed by atoms with Crippen molar-refractivity contribution in [3.8, 4) is 5.75 Å². The van der Waals surface area contributed by atoms with Crippen LogP contribution in [0.15, 0.2) is 66.7 Å². The molecule has 0 spiro atoms. The molecule has 0 saturated heterocycles. The summed E-state index contributed by atoms with van der Waals surface area (Å²) in [5, 5.41) is 3.91. The summed E-state index contributed by atoms with van der Waals surface area (Å²) in [6.07, 6.45) is -0.00692. The minimum absolute atomic E-state index is 0.0692. The SMILES string of the molecule is CC[C@@H]1Oc2ccc(NC(=O)c3ccccc3Cl)cc2CN(Cc2ccc(Cl)cc2)C1=O. The summed E-state index contributed by atoms with van der Waals surface area (Å²) < 4.78 is 6.02. The Labute approximate surface area is 196 Å². The van der Waals surface area contributed by atoms with E-state index in [1.165, 1.54) is 0 Å². The summed E-state index contributed by atoms with van der Waals surface area (Å²) >= 11 is 12.1. The van der Waals surface area contributed by atoms with Crippen LogP contribution in [0.2, 0.25) is 10.0 Å². The molecule has 0 fully saturated rings. The van der Waals surface area contributed by atoms with Crippen LogP contribution in [0.3, 0.4) is 0 Å². The molecule has 0 bridgehead atoms. The van der Waals surface area contributed by atoms with Gasteiger partial charge in [-0.3, -0.25) is 9.59 Å². The van der Waals surface area contributed by atoms with Gasteiger partial charge in [0, 0.05) is 29.4 Å². The Bertz CT molecular complexity index is 1150. The first kappa shape index (κ1) is 22.2. The van der Waals surface area contributed by atoms with Crippen LogP contribution < -0.4 is 10.1 Å². The zero-order valence-corrected chi connectivity index (χ0v) is 19.0. The van der Waals surface area contributed by atoms with E-state index in [1.807, 2.05) is 37.3 Å². The van der Waals surface area contributed by atoms with Crippen LogP contribution in [0.5, 0.6) is 5.75 Å². The minimum atomic E-state index is -0.563. The van der Waals surface area contributed by atoms with Crippen molar-refractivity contribution in [2.24, 2.45) is 0 Å². The summed E-state index contributed by atoms with van der Waals surface area (Å²) in [5.74, 6) is 0.269. The number of rotatable bonds is 5. The maximum Gasteiger partial charge on any atom is 0.264 e. The molecule has 1 aliphatic heterocycles. The Morgan fingerprint density at radius 2 is 1.84 bits per heavy atom. The standard InChI is InChI=1S/C25H22Cl2N2O3/c1-2-22-25(31)29(14-16-7-9-18(26)10-8-16)15-17-13-19(11-12-23(17)32-22)28-24(30)20-5-3-4-6-21(20)27/h3-13,22H,2,14-15H2,1H3,(H,28,30)/t22-/m0/s1. The Morgan fingerprint density at radius 3 is 2.56 bits per heavy atom. The first-order valence-electron chi connectivity index (χ1n) is 10.3. The Balaban J connectivity index is 1.59. The van der Waals surface area contributed by atoms with E-state index in [0.29, 0.717) is 46.6 Å². The van der Waals surface area contributed by atoms with E-state index in [1.54, 1.807) is 41.3 Å². The Morgan fingerprint density at radius 1 is 1.09 bits per heavy atom. The maximum atomic E-state index is 13.1. The third-order valence-corrected chi connectivity index (χ3v) is 5.89. The van der Waals surface area contributed by atoms with Gasteiger partial charge in [0.05, 0.1) is 10.6 Å². The van der Waals surface area contributed by atoms with E-state index in [2.05, 4.69) is 5.32 Å². The zero-order valence-electron chi connectivity index (χ0n) is 17.5. The van der Waals surface area contributed by atoms with Crippen molar-refractivity contribution < 1.29 is 14.3 Å². The molecule has 0 unspecified atom stereocenters. The lowest BCUT2D eigenvalue weighted by molar-refractivity contribution is -0.139. The molecular weight excluding hydrogens is 447 g/mol. The molecule has 1 aliphatic rings. The van der Waals surface area contributed by atoms with Crippen LogP contribution in [-0.2, 0) is 17.9 Å². The van der Waals surface area contributed by atoms with E-state index < -0.39 is 6.10 Å². The van der Waals surface area contributed by atoms with Crippen LogP contribution in [0.1, 0.15) is 34.8 Å². The second-order valence-corrected chi connectivity index (χ2v) is 8.44. The summed E-state index contributed by atoms with van der Waals surface area (Å²) in [6, 6.07) is 19.7. The third-order valence-electron chi connectivity index (χ3n) is 5.31. The van der Waals surface area contributed by atoms with E-state index in [0.717, 1.165) is 11.1 Å². The predicted molar refractivity (Wildman–Crippen MR) is 126 cm³/mol. The highest BCUT2D eigenvalue weighted by Crippen LogP contribution is 2.30. The molecule has 164 valence electrons. The largest absolute Gasteiger partial charge is 0.480 e. The second-order valence-electron chi connectivity index (χ2n) is 7.59. The van der Waals surface area contributed by atoms with Crippen LogP contribution >= 0.6 is 23.2 Å². The first-order chi connectivity index (χ1) is 15.4. The second kappa shape index (κ2) is 9.63. The Kier molecular flexibility index (Phi) is 6.68. The van der Waals surface area contributed by atoms with E-state index >= 15 is 0 Å². The molecular formula is C25H22Cl2N2O3. The smallest absolute Gasteiger partial charge is 0.264 e. The first-order valence-corrected chi connectivity index (χ1v) is 11.1. The molecule has 1 heterocycles. The van der Waals surface area contributed by atoms with Crippen molar-refractivity contribution >= 4 is 40.7 Å². The van der Waals surface area contributed by atoms with E-state index in [-0.39, 0.29) is 11.8 Å². The van der Waals surface area contributed by atoms with Gasteiger partial charge in [0.1, 0.15) is 5.75 Å². The maximum absolute atomic E-state index is 13.1. The fourth-order valence-electron chi connectivity index (χ4n) is 3.63. The fourth-order valence-corrected chi connectivity index (χ4v) is 3.98. The summed E-state index contributed by atoms with van der Waals surface area (Å²) in [6.45, 7) is 2.72. The van der Waals surface area contributed by atoms with Crippen molar-refractivity contribution in [3.05, 3.63) is 93.5 Å². The summed E-state index contributed by atoms with van der Waals surface area (Å²) in [7, 11) is 0.